The van der Waals surface area contributed by atoms with Gasteiger partial charge in [-0.3, -0.25) is 4.68 Å². The molecule has 0 aromatic carbocycles. The van der Waals surface area contributed by atoms with Crippen molar-refractivity contribution < 1.29 is 8.78 Å². The summed E-state index contributed by atoms with van der Waals surface area (Å²) in [5, 5.41) is 7.13. The fraction of sp³-hybridized carbons (Fsp3) is 0.727. The van der Waals surface area contributed by atoms with Crippen LogP contribution in [0.5, 0.6) is 0 Å². The van der Waals surface area contributed by atoms with E-state index in [1.54, 1.807) is 12.4 Å². The smallest absolute Gasteiger partial charge is 0.257 e. The van der Waals surface area contributed by atoms with Crippen molar-refractivity contribution in [2.45, 2.75) is 46.2 Å². The van der Waals surface area contributed by atoms with E-state index in [2.05, 4.69) is 31.2 Å². The lowest BCUT2D eigenvalue weighted by Gasteiger charge is -2.19. The van der Waals surface area contributed by atoms with Gasteiger partial charge in [0, 0.05) is 12.2 Å². The Hall–Kier alpha value is -1.13. The summed E-state index contributed by atoms with van der Waals surface area (Å²) in [7, 11) is 0. The molecule has 92 valence electrons. The molecule has 0 amide bonds. The first-order valence-corrected chi connectivity index (χ1v) is 5.60. The van der Waals surface area contributed by atoms with Crippen molar-refractivity contribution in [1.29, 1.82) is 0 Å². The van der Waals surface area contributed by atoms with E-state index in [1.165, 1.54) is 4.68 Å². The Morgan fingerprint density at radius 1 is 1.44 bits per heavy atom. The van der Waals surface area contributed by atoms with Gasteiger partial charge in [-0.25, -0.2) is 8.78 Å². The number of hydrogen-bond donors (Lipinski definition) is 1. The van der Waals surface area contributed by atoms with Gasteiger partial charge in [-0.05, 0) is 12.8 Å². The molecule has 0 aliphatic carbocycles. The quantitative estimate of drug-likeness (QED) is 0.815. The highest BCUT2D eigenvalue weighted by atomic mass is 19.3. The Labute approximate surface area is 94.8 Å². The van der Waals surface area contributed by atoms with Crippen LogP contribution in [0.4, 0.5) is 14.5 Å². The SMILES string of the molecule is CCC(C)C(C)Nc1cnn(CC(F)F)c1. The minimum atomic E-state index is -2.36. The van der Waals surface area contributed by atoms with Crippen molar-refractivity contribution in [3.8, 4) is 0 Å². The van der Waals surface area contributed by atoms with E-state index in [0.717, 1.165) is 12.1 Å². The van der Waals surface area contributed by atoms with Crippen LogP contribution in [-0.4, -0.2) is 22.2 Å². The molecule has 0 saturated heterocycles. The number of halogens is 2. The largest absolute Gasteiger partial charge is 0.380 e. The Morgan fingerprint density at radius 3 is 2.69 bits per heavy atom. The van der Waals surface area contributed by atoms with Crippen LogP contribution >= 0.6 is 0 Å². The number of alkyl halides is 2. The molecule has 0 aliphatic rings. The fourth-order valence-corrected chi connectivity index (χ4v) is 1.44. The molecule has 0 saturated carbocycles. The molecular weight excluding hydrogens is 212 g/mol. The van der Waals surface area contributed by atoms with E-state index in [0.29, 0.717) is 12.0 Å². The fourth-order valence-electron chi connectivity index (χ4n) is 1.44. The van der Waals surface area contributed by atoms with Crippen molar-refractivity contribution >= 4 is 5.69 Å². The predicted octanol–water partition coefficient (Wildman–Crippen LogP) is 2.99. The molecule has 1 aromatic heterocycles. The third kappa shape index (κ3) is 3.79. The van der Waals surface area contributed by atoms with E-state index < -0.39 is 6.43 Å². The van der Waals surface area contributed by atoms with Gasteiger partial charge >= 0.3 is 0 Å². The van der Waals surface area contributed by atoms with E-state index in [4.69, 9.17) is 0 Å². The number of nitrogens with one attached hydrogen (secondary N) is 1. The minimum absolute atomic E-state index is 0.314. The Morgan fingerprint density at radius 2 is 2.12 bits per heavy atom. The molecule has 16 heavy (non-hydrogen) atoms. The van der Waals surface area contributed by atoms with Crippen LogP contribution in [0.2, 0.25) is 0 Å². The van der Waals surface area contributed by atoms with Crippen molar-refractivity contribution in [3.63, 3.8) is 0 Å². The van der Waals surface area contributed by atoms with Crippen LogP contribution in [0.15, 0.2) is 12.4 Å². The standard InChI is InChI=1S/C11H19F2N3/c1-4-8(2)9(3)15-10-5-14-16(6-10)7-11(12)13/h5-6,8-9,11,15H,4,7H2,1-3H3. The molecule has 1 heterocycles. The molecule has 0 radical (unpaired) electrons. The summed E-state index contributed by atoms with van der Waals surface area (Å²) in [5.74, 6) is 0.540. The third-order valence-corrected chi connectivity index (χ3v) is 2.85. The summed E-state index contributed by atoms with van der Waals surface area (Å²) in [4.78, 5) is 0. The lowest BCUT2D eigenvalue weighted by Crippen LogP contribution is -2.22. The highest BCUT2D eigenvalue weighted by Gasteiger charge is 2.11. The molecule has 1 aromatic rings. The normalized spacial score (nSPS) is 15.1. The molecule has 0 bridgehead atoms. The Balaban J connectivity index is 2.51. The van der Waals surface area contributed by atoms with Gasteiger partial charge in [0.1, 0.15) is 6.54 Å². The van der Waals surface area contributed by atoms with Gasteiger partial charge in [0.25, 0.3) is 6.43 Å². The zero-order valence-electron chi connectivity index (χ0n) is 9.95. The zero-order chi connectivity index (χ0) is 12.1. The molecule has 5 heteroatoms. The molecular formula is C11H19F2N3. The molecule has 0 aliphatic heterocycles. The van der Waals surface area contributed by atoms with Crippen LogP contribution in [0, 0.1) is 5.92 Å². The van der Waals surface area contributed by atoms with Gasteiger partial charge < -0.3 is 5.32 Å². The Kier molecular flexibility index (Phi) is 4.71. The third-order valence-electron chi connectivity index (χ3n) is 2.85. The van der Waals surface area contributed by atoms with Crippen LogP contribution in [0.3, 0.4) is 0 Å². The van der Waals surface area contributed by atoms with Crippen LogP contribution in [0.25, 0.3) is 0 Å². The van der Waals surface area contributed by atoms with Crippen LogP contribution in [-0.2, 0) is 6.54 Å². The maximum Gasteiger partial charge on any atom is 0.257 e. The van der Waals surface area contributed by atoms with Crippen LogP contribution < -0.4 is 5.32 Å². The second-order valence-electron chi connectivity index (χ2n) is 4.16. The monoisotopic (exact) mass is 231 g/mol. The average Bonchev–Trinajstić information content (AvgIpc) is 2.63. The first-order chi connectivity index (χ1) is 7.52. The number of rotatable bonds is 6. The molecule has 2 unspecified atom stereocenters. The Bertz CT molecular complexity index is 312. The van der Waals surface area contributed by atoms with Crippen molar-refractivity contribution in [2.24, 2.45) is 5.92 Å². The van der Waals surface area contributed by atoms with Crippen molar-refractivity contribution in [1.82, 2.24) is 9.78 Å². The van der Waals surface area contributed by atoms with E-state index in [-0.39, 0.29) is 6.54 Å². The number of aromatic nitrogens is 2. The molecule has 1 N–H and O–H groups in total. The number of hydrogen-bond acceptors (Lipinski definition) is 2. The summed E-state index contributed by atoms with van der Waals surface area (Å²) in [6.45, 7) is 6.02. The maximum atomic E-state index is 12.1. The molecule has 1 rings (SSSR count). The topological polar surface area (TPSA) is 29.9 Å². The molecule has 0 fully saturated rings. The second-order valence-corrected chi connectivity index (χ2v) is 4.16. The molecule has 2 atom stereocenters. The van der Waals surface area contributed by atoms with Gasteiger partial charge in [-0.15, -0.1) is 0 Å². The lowest BCUT2D eigenvalue weighted by atomic mass is 10.0. The maximum absolute atomic E-state index is 12.1. The van der Waals surface area contributed by atoms with Crippen molar-refractivity contribution in [3.05, 3.63) is 12.4 Å². The van der Waals surface area contributed by atoms with E-state index in [1.807, 2.05) is 0 Å². The zero-order valence-corrected chi connectivity index (χ0v) is 9.95. The van der Waals surface area contributed by atoms with Gasteiger partial charge in [0.05, 0.1) is 11.9 Å². The van der Waals surface area contributed by atoms with Gasteiger partial charge in [0.2, 0.25) is 0 Å². The molecule has 3 nitrogen and oxygen atoms in total. The first kappa shape index (κ1) is 12.9. The van der Waals surface area contributed by atoms with E-state index in [9.17, 15) is 8.78 Å². The molecule has 0 spiro atoms. The summed E-state index contributed by atoms with van der Waals surface area (Å²) >= 11 is 0. The summed E-state index contributed by atoms with van der Waals surface area (Å²) in [6.07, 6.45) is 1.92. The highest BCUT2D eigenvalue weighted by Crippen LogP contribution is 2.14. The second kappa shape index (κ2) is 5.82. The van der Waals surface area contributed by atoms with Gasteiger partial charge in [-0.2, -0.15) is 5.10 Å². The summed E-state index contributed by atoms with van der Waals surface area (Å²) in [6, 6.07) is 0.314. The predicted molar refractivity (Wildman–Crippen MR) is 60.8 cm³/mol. The minimum Gasteiger partial charge on any atom is -0.380 e. The highest BCUT2D eigenvalue weighted by molar-refractivity contribution is 5.39. The first-order valence-electron chi connectivity index (χ1n) is 5.60. The number of nitrogens with zero attached hydrogens (tertiary/aromatic N) is 2. The summed E-state index contributed by atoms with van der Waals surface area (Å²) in [5.41, 5.74) is 0.799. The van der Waals surface area contributed by atoms with E-state index >= 15 is 0 Å². The number of anilines is 1. The lowest BCUT2D eigenvalue weighted by molar-refractivity contribution is 0.122. The van der Waals surface area contributed by atoms with Gasteiger partial charge in [0.15, 0.2) is 0 Å². The van der Waals surface area contributed by atoms with Crippen molar-refractivity contribution in [2.75, 3.05) is 5.32 Å². The van der Waals surface area contributed by atoms with Crippen LogP contribution in [0.1, 0.15) is 27.2 Å². The summed E-state index contributed by atoms with van der Waals surface area (Å²) < 4.78 is 25.4. The van der Waals surface area contributed by atoms with Gasteiger partial charge in [-0.1, -0.05) is 20.3 Å². The average molecular weight is 231 g/mol.